The number of likely N-dealkylation sites (tertiary alicyclic amines) is 1. The molecule has 0 bridgehead atoms. The van der Waals surface area contributed by atoms with Crippen molar-refractivity contribution in [2.75, 3.05) is 13.1 Å². The van der Waals surface area contributed by atoms with Gasteiger partial charge in [0, 0.05) is 24.7 Å². The Morgan fingerprint density at radius 3 is 2.80 bits per heavy atom. The second-order valence-corrected chi connectivity index (χ2v) is 5.30. The molecule has 3 nitrogen and oxygen atoms in total. The van der Waals surface area contributed by atoms with Gasteiger partial charge in [-0.3, -0.25) is 4.90 Å². The summed E-state index contributed by atoms with van der Waals surface area (Å²) < 4.78 is 0. The van der Waals surface area contributed by atoms with Gasteiger partial charge in [-0.25, -0.2) is 0 Å². The highest BCUT2D eigenvalue weighted by atomic mass is 16.3. The van der Waals surface area contributed by atoms with Crippen LogP contribution in [0.2, 0.25) is 0 Å². The van der Waals surface area contributed by atoms with Gasteiger partial charge in [-0.1, -0.05) is 0 Å². The van der Waals surface area contributed by atoms with Crippen molar-refractivity contribution in [3.8, 4) is 0 Å². The molecule has 1 saturated heterocycles. The maximum absolute atomic E-state index is 9.18. The maximum atomic E-state index is 9.18. The fraction of sp³-hybridized carbons (Fsp3) is 1.00. The summed E-state index contributed by atoms with van der Waals surface area (Å²) in [6.45, 7) is 6.36. The number of hydrogen-bond acceptors (Lipinski definition) is 3. The molecule has 2 fully saturated rings. The molecule has 2 N–H and O–H groups in total. The van der Waals surface area contributed by atoms with Gasteiger partial charge in [0.1, 0.15) is 0 Å². The fourth-order valence-corrected chi connectivity index (χ4v) is 2.62. The summed E-state index contributed by atoms with van der Waals surface area (Å²) in [4.78, 5) is 2.65. The molecule has 0 aromatic rings. The zero-order valence-corrected chi connectivity index (χ0v) is 9.95. The average Bonchev–Trinajstić information content (AvgIpc) is 2.91. The summed E-state index contributed by atoms with van der Waals surface area (Å²) in [6, 6.07) is 2.30. The van der Waals surface area contributed by atoms with Gasteiger partial charge in [-0.05, 0) is 46.1 Å². The van der Waals surface area contributed by atoms with E-state index in [1.54, 1.807) is 0 Å². The van der Waals surface area contributed by atoms with Crippen LogP contribution >= 0.6 is 0 Å². The minimum absolute atomic E-state index is 0.170. The van der Waals surface area contributed by atoms with Crippen LogP contribution in [-0.4, -0.2) is 47.3 Å². The lowest BCUT2D eigenvalue weighted by Gasteiger charge is -2.19. The van der Waals surface area contributed by atoms with Gasteiger partial charge in [0.15, 0.2) is 0 Å². The summed E-state index contributed by atoms with van der Waals surface area (Å²) in [5.74, 6) is 0. The second-order valence-electron chi connectivity index (χ2n) is 5.30. The molecule has 0 radical (unpaired) electrons. The predicted octanol–water partition coefficient (Wildman–Crippen LogP) is 0.972. The van der Waals surface area contributed by atoms with E-state index >= 15 is 0 Å². The Bertz CT molecular complexity index is 204. The van der Waals surface area contributed by atoms with Crippen molar-refractivity contribution in [1.29, 1.82) is 0 Å². The third-order valence-electron chi connectivity index (χ3n) is 3.63. The molecule has 1 aliphatic carbocycles. The molecule has 3 atom stereocenters. The number of rotatable bonds is 5. The number of nitrogens with one attached hydrogen (secondary N) is 1. The zero-order chi connectivity index (χ0) is 10.8. The highest BCUT2D eigenvalue weighted by molar-refractivity contribution is 4.95. The lowest BCUT2D eigenvalue weighted by molar-refractivity contribution is 0.182. The number of aliphatic hydroxyl groups excluding tert-OH is 1. The van der Waals surface area contributed by atoms with Crippen molar-refractivity contribution in [2.45, 2.75) is 63.8 Å². The summed E-state index contributed by atoms with van der Waals surface area (Å²) in [5.41, 5.74) is 0. The van der Waals surface area contributed by atoms with Crippen LogP contribution in [0.3, 0.4) is 0 Å². The van der Waals surface area contributed by atoms with Gasteiger partial charge < -0.3 is 10.4 Å². The van der Waals surface area contributed by atoms with E-state index in [-0.39, 0.29) is 6.10 Å². The molecule has 0 spiro atoms. The third-order valence-corrected chi connectivity index (χ3v) is 3.63. The highest BCUT2D eigenvalue weighted by Gasteiger charge is 2.38. The Kier molecular flexibility index (Phi) is 3.65. The first-order valence-electron chi connectivity index (χ1n) is 6.34. The molecule has 15 heavy (non-hydrogen) atoms. The first kappa shape index (κ1) is 11.4. The second kappa shape index (κ2) is 4.81. The molecule has 0 amide bonds. The van der Waals surface area contributed by atoms with Crippen molar-refractivity contribution in [3.63, 3.8) is 0 Å². The minimum atomic E-state index is -0.170. The van der Waals surface area contributed by atoms with Crippen LogP contribution < -0.4 is 5.32 Å². The molecule has 1 heterocycles. The first-order valence-corrected chi connectivity index (χ1v) is 6.34. The topological polar surface area (TPSA) is 35.5 Å². The first-order chi connectivity index (χ1) is 7.16. The molecule has 3 heteroatoms. The van der Waals surface area contributed by atoms with Gasteiger partial charge in [-0.15, -0.1) is 0 Å². The van der Waals surface area contributed by atoms with E-state index in [9.17, 15) is 5.11 Å². The summed E-state index contributed by atoms with van der Waals surface area (Å²) >= 11 is 0. The van der Waals surface area contributed by atoms with Gasteiger partial charge in [0.2, 0.25) is 0 Å². The van der Waals surface area contributed by atoms with Crippen molar-refractivity contribution < 1.29 is 5.11 Å². The van der Waals surface area contributed by atoms with E-state index in [1.165, 1.54) is 25.8 Å². The van der Waals surface area contributed by atoms with Crippen molar-refractivity contribution in [3.05, 3.63) is 0 Å². The van der Waals surface area contributed by atoms with Crippen molar-refractivity contribution in [1.82, 2.24) is 10.2 Å². The number of nitrogens with zero attached hydrogens (tertiary/aromatic N) is 1. The van der Waals surface area contributed by atoms with Crippen molar-refractivity contribution in [2.24, 2.45) is 0 Å². The van der Waals surface area contributed by atoms with Gasteiger partial charge in [0.05, 0.1) is 6.10 Å². The molecule has 1 aliphatic heterocycles. The molecule has 2 rings (SSSR count). The molecular weight excluding hydrogens is 188 g/mol. The highest BCUT2D eigenvalue weighted by Crippen LogP contribution is 2.33. The van der Waals surface area contributed by atoms with Gasteiger partial charge in [0.25, 0.3) is 0 Å². The zero-order valence-electron chi connectivity index (χ0n) is 9.95. The third kappa shape index (κ3) is 3.16. The molecule has 3 unspecified atom stereocenters. The monoisotopic (exact) mass is 212 g/mol. The molecule has 0 aromatic carbocycles. The van der Waals surface area contributed by atoms with E-state index in [0.717, 1.165) is 25.0 Å². The molecule has 2 aliphatic rings. The Balaban J connectivity index is 1.67. The normalized spacial score (nSPS) is 34.6. The summed E-state index contributed by atoms with van der Waals surface area (Å²) in [5, 5.41) is 12.7. The lowest BCUT2D eigenvalue weighted by atomic mass is 10.2. The number of hydrogen-bond donors (Lipinski definition) is 2. The van der Waals surface area contributed by atoms with Crippen LogP contribution in [0.25, 0.3) is 0 Å². The Hall–Kier alpha value is -0.120. The van der Waals surface area contributed by atoms with Gasteiger partial charge in [-0.2, -0.15) is 0 Å². The van der Waals surface area contributed by atoms with Crippen LogP contribution in [0.15, 0.2) is 0 Å². The lowest BCUT2D eigenvalue weighted by Crippen LogP contribution is -2.35. The Labute approximate surface area is 92.8 Å². The predicted molar refractivity (Wildman–Crippen MR) is 61.9 cm³/mol. The minimum Gasteiger partial charge on any atom is -0.393 e. The average molecular weight is 212 g/mol. The van der Waals surface area contributed by atoms with Crippen LogP contribution in [0.5, 0.6) is 0 Å². The Morgan fingerprint density at radius 2 is 2.20 bits per heavy atom. The number of aliphatic hydroxyl groups is 1. The van der Waals surface area contributed by atoms with Crippen LogP contribution in [-0.2, 0) is 0 Å². The molecule has 1 saturated carbocycles. The maximum Gasteiger partial charge on any atom is 0.0524 e. The summed E-state index contributed by atoms with van der Waals surface area (Å²) in [7, 11) is 0. The van der Waals surface area contributed by atoms with E-state index in [4.69, 9.17) is 0 Å². The van der Waals surface area contributed by atoms with E-state index in [2.05, 4.69) is 17.1 Å². The SMILES string of the molecule is CC(O)CCNC1CC(C)N(C2CC2)C1. The molecule has 0 aromatic heterocycles. The Morgan fingerprint density at radius 1 is 1.47 bits per heavy atom. The van der Waals surface area contributed by atoms with Crippen molar-refractivity contribution >= 4 is 0 Å². The van der Waals surface area contributed by atoms with E-state index in [1.807, 2.05) is 6.92 Å². The fourth-order valence-electron chi connectivity index (χ4n) is 2.62. The molecular formula is C12H24N2O. The quantitative estimate of drug-likeness (QED) is 0.713. The largest absolute Gasteiger partial charge is 0.393 e. The van der Waals surface area contributed by atoms with E-state index in [0.29, 0.717) is 6.04 Å². The van der Waals surface area contributed by atoms with Crippen LogP contribution in [0, 0.1) is 0 Å². The van der Waals surface area contributed by atoms with Gasteiger partial charge >= 0.3 is 0 Å². The van der Waals surface area contributed by atoms with Crippen LogP contribution in [0.4, 0.5) is 0 Å². The molecule has 88 valence electrons. The standard InChI is InChI=1S/C12H24N2O/c1-9-7-11(13-6-5-10(2)15)8-14(9)12-3-4-12/h9-13,15H,3-8H2,1-2H3. The van der Waals surface area contributed by atoms with E-state index < -0.39 is 0 Å². The van der Waals surface area contributed by atoms with Crippen LogP contribution in [0.1, 0.15) is 39.5 Å². The summed E-state index contributed by atoms with van der Waals surface area (Å²) in [6.07, 6.45) is 4.79. The smallest absolute Gasteiger partial charge is 0.0524 e.